The number of fused-ring (bicyclic) bond motifs is 1. The Bertz CT molecular complexity index is 855. The summed E-state index contributed by atoms with van der Waals surface area (Å²) in [5, 5.41) is 3.64. The van der Waals surface area contributed by atoms with E-state index in [0.717, 1.165) is 12.8 Å². The number of carbonyl (C=O) groups excluding carboxylic acids is 1. The fourth-order valence-corrected chi connectivity index (χ4v) is 3.55. The number of H-pyrrole nitrogens is 2. The van der Waals surface area contributed by atoms with E-state index < -0.39 is 0 Å². The largest absolute Gasteiger partial charge is 0.349 e. The van der Waals surface area contributed by atoms with Gasteiger partial charge in [0.25, 0.3) is 11.5 Å². The van der Waals surface area contributed by atoms with Gasteiger partial charge in [-0.05, 0) is 48.7 Å². The predicted octanol–water partition coefficient (Wildman–Crippen LogP) is 3.14. The summed E-state index contributed by atoms with van der Waals surface area (Å²) in [6, 6.07) is 5.23. The molecule has 1 amide bonds. The third-order valence-electron chi connectivity index (χ3n) is 5.02. The quantitative estimate of drug-likeness (QED) is 0.740. The first-order valence-electron chi connectivity index (χ1n) is 8.03. The fraction of sp³-hybridized carbons (Fsp3) is 0.471. The molecule has 2 aromatic rings. The molecule has 1 aliphatic carbocycles. The standard InChI is InChI=1S/C17H21N3O2S/c1-9-4-3-5-13(10(9)2)18-15(21)11-6-7-12-14(8-11)19-17(23)20-16(12)22/h6-10,13H,3-5H2,1-2H3,(H,18,21)(H2,19,20,22,23)/t9-,10-,13-/m1/s1. The SMILES string of the molecule is C[C@@H]1[C@H](C)CCC[C@H]1NC(=O)c1ccc2c(=O)[nH]c(=S)[nH]c2c1. The highest BCUT2D eigenvalue weighted by Gasteiger charge is 2.28. The van der Waals surface area contributed by atoms with Gasteiger partial charge in [0.2, 0.25) is 0 Å². The maximum Gasteiger partial charge on any atom is 0.259 e. The molecular weight excluding hydrogens is 310 g/mol. The van der Waals surface area contributed by atoms with Crippen molar-refractivity contribution in [2.75, 3.05) is 0 Å². The minimum Gasteiger partial charge on any atom is -0.349 e. The summed E-state index contributed by atoms with van der Waals surface area (Å²) in [4.78, 5) is 29.8. The van der Waals surface area contributed by atoms with Gasteiger partial charge in [0.1, 0.15) is 0 Å². The van der Waals surface area contributed by atoms with E-state index in [1.165, 1.54) is 6.42 Å². The Morgan fingerprint density at radius 1 is 1.26 bits per heavy atom. The smallest absolute Gasteiger partial charge is 0.259 e. The van der Waals surface area contributed by atoms with E-state index in [1.807, 2.05) is 0 Å². The second kappa shape index (κ2) is 6.28. The maximum atomic E-state index is 12.5. The van der Waals surface area contributed by atoms with Gasteiger partial charge < -0.3 is 10.3 Å². The molecular formula is C17H21N3O2S. The zero-order chi connectivity index (χ0) is 16.6. The van der Waals surface area contributed by atoms with Gasteiger partial charge in [-0.3, -0.25) is 14.6 Å². The third kappa shape index (κ3) is 3.22. The lowest BCUT2D eigenvalue weighted by Gasteiger charge is -2.34. The number of benzene rings is 1. The molecule has 0 bridgehead atoms. The minimum absolute atomic E-state index is 0.0996. The van der Waals surface area contributed by atoms with Gasteiger partial charge in [-0.1, -0.05) is 26.7 Å². The Labute approximate surface area is 139 Å². The Morgan fingerprint density at radius 2 is 2.04 bits per heavy atom. The Kier molecular flexibility index (Phi) is 4.35. The first-order valence-corrected chi connectivity index (χ1v) is 8.44. The molecule has 0 saturated heterocycles. The lowest BCUT2D eigenvalue weighted by molar-refractivity contribution is 0.0891. The van der Waals surface area contributed by atoms with Crippen LogP contribution < -0.4 is 10.9 Å². The van der Waals surface area contributed by atoms with Crippen molar-refractivity contribution in [2.24, 2.45) is 11.8 Å². The van der Waals surface area contributed by atoms with Crippen molar-refractivity contribution in [3.8, 4) is 0 Å². The van der Waals surface area contributed by atoms with Crippen LogP contribution >= 0.6 is 12.2 Å². The van der Waals surface area contributed by atoms with Gasteiger partial charge in [0.15, 0.2) is 4.77 Å². The Balaban J connectivity index is 1.86. The first-order chi connectivity index (χ1) is 11.0. The number of hydrogen-bond donors (Lipinski definition) is 3. The maximum absolute atomic E-state index is 12.5. The van der Waals surface area contributed by atoms with Crippen molar-refractivity contribution in [3.63, 3.8) is 0 Å². The van der Waals surface area contributed by atoms with Crippen LogP contribution in [0.4, 0.5) is 0 Å². The highest BCUT2D eigenvalue weighted by atomic mass is 32.1. The molecule has 3 atom stereocenters. The van der Waals surface area contributed by atoms with Crippen molar-refractivity contribution in [3.05, 3.63) is 38.9 Å². The van der Waals surface area contributed by atoms with Crippen LogP contribution in [-0.2, 0) is 0 Å². The Morgan fingerprint density at radius 3 is 2.83 bits per heavy atom. The predicted molar refractivity (Wildman–Crippen MR) is 93.2 cm³/mol. The van der Waals surface area contributed by atoms with Crippen molar-refractivity contribution in [1.29, 1.82) is 0 Å². The van der Waals surface area contributed by atoms with Crippen molar-refractivity contribution in [2.45, 2.75) is 39.2 Å². The second-order valence-electron chi connectivity index (χ2n) is 6.52. The molecule has 3 N–H and O–H groups in total. The van der Waals surface area contributed by atoms with E-state index in [1.54, 1.807) is 18.2 Å². The van der Waals surface area contributed by atoms with E-state index in [4.69, 9.17) is 12.2 Å². The van der Waals surface area contributed by atoms with Crippen LogP contribution in [0.2, 0.25) is 0 Å². The molecule has 1 heterocycles. The van der Waals surface area contributed by atoms with Crippen LogP contribution in [0.25, 0.3) is 10.9 Å². The molecule has 1 saturated carbocycles. The molecule has 5 nitrogen and oxygen atoms in total. The molecule has 1 fully saturated rings. The number of nitrogens with one attached hydrogen (secondary N) is 3. The second-order valence-corrected chi connectivity index (χ2v) is 6.92. The van der Waals surface area contributed by atoms with Gasteiger partial charge in [-0.2, -0.15) is 0 Å². The summed E-state index contributed by atoms with van der Waals surface area (Å²) in [7, 11) is 0. The molecule has 0 spiro atoms. The average Bonchev–Trinajstić information content (AvgIpc) is 2.51. The van der Waals surface area contributed by atoms with E-state index in [9.17, 15) is 9.59 Å². The van der Waals surface area contributed by atoms with Crippen molar-refractivity contribution < 1.29 is 4.79 Å². The molecule has 0 unspecified atom stereocenters. The van der Waals surface area contributed by atoms with Gasteiger partial charge in [-0.25, -0.2) is 0 Å². The summed E-state index contributed by atoms with van der Waals surface area (Å²) in [6.07, 6.45) is 3.40. The zero-order valence-corrected chi connectivity index (χ0v) is 14.1. The number of aromatic amines is 2. The van der Waals surface area contributed by atoms with Crippen molar-refractivity contribution >= 4 is 29.0 Å². The van der Waals surface area contributed by atoms with Crippen LogP contribution in [0.5, 0.6) is 0 Å². The summed E-state index contributed by atoms with van der Waals surface area (Å²) >= 11 is 4.98. The number of amides is 1. The van der Waals surface area contributed by atoms with Crippen LogP contribution in [0, 0.1) is 16.6 Å². The van der Waals surface area contributed by atoms with Crippen LogP contribution in [0.3, 0.4) is 0 Å². The number of aromatic nitrogens is 2. The molecule has 1 aromatic heterocycles. The third-order valence-corrected chi connectivity index (χ3v) is 5.23. The van der Waals surface area contributed by atoms with Crippen LogP contribution in [-0.4, -0.2) is 21.9 Å². The Hall–Kier alpha value is -1.95. The molecule has 0 radical (unpaired) electrons. The lowest BCUT2D eigenvalue weighted by atomic mass is 9.78. The fourth-order valence-electron chi connectivity index (χ4n) is 3.35. The summed E-state index contributed by atoms with van der Waals surface area (Å²) in [5.41, 5.74) is 0.876. The lowest BCUT2D eigenvalue weighted by Crippen LogP contribution is -2.43. The molecule has 1 aliphatic rings. The van der Waals surface area contributed by atoms with Crippen molar-refractivity contribution in [1.82, 2.24) is 15.3 Å². The van der Waals surface area contributed by atoms with Gasteiger partial charge in [-0.15, -0.1) is 0 Å². The first kappa shape index (κ1) is 15.9. The van der Waals surface area contributed by atoms with Crippen LogP contribution in [0.15, 0.2) is 23.0 Å². The van der Waals surface area contributed by atoms with E-state index in [0.29, 0.717) is 28.3 Å². The summed E-state index contributed by atoms with van der Waals surface area (Å²) in [5.74, 6) is 1.000. The molecule has 6 heteroatoms. The van der Waals surface area contributed by atoms with Crippen LogP contribution in [0.1, 0.15) is 43.5 Å². The number of hydrogen-bond acceptors (Lipinski definition) is 3. The van der Waals surface area contributed by atoms with Gasteiger partial charge >= 0.3 is 0 Å². The number of rotatable bonds is 2. The molecule has 0 aliphatic heterocycles. The van der Waals surface area contributed by atoms with E-state index >= 15 is 0 Å². The summed E-state index contributed by atoms with van der Waals surface area (Å²) in [6.45, 7) is 4.44. The van der Waals surface area contributed by atoms with Gasteiger partial charge in [0, 0.05) is 11.6 Å². The average molecular weight is 331 g/mol. The molecule has 3 rings (SSSR count). The molecule has 1 aromatic carbocycles. The highest BCUT2D eigenvalue weighted by Crippen LogP contribution is 2.29. The molecule has 23 heavy (non-hydrogen) atoms. The highest BCUT2D eigenvalue weighted by molar-refractivity contribution is 7.71. The monoisotopic (exact) mass is 331 g/mol. The topological polar surface area (TPSA) is 77.8 Å². The number of carbonyl (C=O) groups is 1. The van der Waals surface area contributed by atoms with E-state index in [2.05, 4.69) is 29.1 Å². The van der Waals surface area contributed by atoms with E-state index in [-0.39, 0.29) is 22.3 Å². The normalized spacial score (nSPS) is 24.5. The minimum atomic E-state index is -0.245. The zero-order valence-electron chi connectivity index (χ0n) is 13.3. The van der Waals surface area contributed by atoms with Gasteiger partial charge in [0.05, 0.1) is 10.9 Å². The molecule has 122 valence electrons. The summed E-state index contributed by atoms with van der Waals surface area (Å²) < 4.78 is 0.259.